The lowest BCUT2D eigenvalue weighted by atomic mass is 10.1. The highest BCUT2D eigenvalue weighted by Gasteiger charge is 2.10. The van der Waals surface area contributed by atoms with Crippen LogP contribution in [0, 0.1) is 0 Å². The average Bonchev–Trinajstić information content (AvgIpc) is 2.28. The lowest BCUT2D eigenvalue weighted by Gasteiger charge is -2.13. The summed E-state index contributed by atoms with van der Waals surface area (Å²) >= 11 is 0. The van der Waals surface area contributed by atoms with Crippen LogP contribution in [0.3, 0.4) is 0 Å². The first-order valence-electron chi connectivity index (χ1n) is 4.83. The third-order valence-corrected chi connectivity index (χ3v) is 2.23. The van der Waals surface area contributed by atoms with Gasteiger partial charge in [-0.3, -0.25) is 0 Å². The van der Waals surface area contributed by atoms with Crippen LogP contribution < -0.4 is 15.2 Å². The highest BCUT2D eigenvalue weighted by molar-refractivity contribution is 5.43. The van der Waals surface area contributed by atoms with Gasteiger partial charge in [0, 0.05) is 0 Å². The van der Waals surface area contributed by atoms with Crippen LogP contribution in [0.25, 0.3) is 0 Å². The summed E-state index contributed by atoms with van der Waals surface area (Å²) in [6.45, 7) is 0.454. The van der Waals surface area contributed by atoms with Gasteiger partial charge in [-0.25, -0.2) is 0 Å². The largest absolute Gasteiger partial charge is 0.493 e. The second-order valence-electron chi connectivity index (χ2n) is 3.21. The normalized spacial score (nSPS) is 12.3. The maximum Gasteiger partial charge on any atom is 0.161 e. The molecule has 0 unspecified atom stereocenters. The number of benzene rings is 1. The lowest BCUT2D eigenvalue weighted by Crippen LogP contribution is -2.06. The first kappa shape index (κ1) is 11.8. The van der Waals surface area contributed by atoms with Crippen molar-refractivity contribution in [1.82, 2.24) is 0 Å². The van der Waals surface area contributed by atoms with Gasteiger partial charge in [-0.2, -0.15) is 0 Å². The predicted molar refractivity (Wildman–Crippen MR) is 58.2 cm³/mol. The zero-order valence-electron chi connectivity index (χ0n) is 9.06. The molecule has 1 atom stereocenters. The van der Waals surface area contributed by atoms with Crippen molar-refractivity contribution in [3.8, 4) is 11.5 Å². The molecule has 0 radical (unpaired) electrons. The SMILES string of the molecule is COc1ccc([C@H](O)CCN)cc1OC. The summed E-state index contributed by atoms with van der Waals surface area (Å²) in [5, 5.41) is 9.73. The Morgan fingerprint density at radius 3 is 2.47 bits per heavy atom. The number of aliphatic hydroxyl groups is 1. The van der Waals surface area contributed by atoms with Gasteiger partial charge < -0.3 is 20.3 Å². The molecule has 0 aliphatic rings. The summed E-state index contributed by atoms with van der Waals surface area (Å²) in [5.74, 6) is 1.27. The molecule has 3 N–H and O–H groups in total. The van der Waals surface area contributed by atoms with Crippen molar-refractivity contribution in [1.29, 1.82) is 0 Å². The van der Waals surface area contributed by atoms with Gasteiger partial charge in [-0.15, -0.1) is 0 Å². The fourth-order valence-electron chi connectivity index (χ4n) is 1.38. The molecule has 0 saturated heterocycles. The Morgan fingerprint density at radius 2 is 1.93 bits per heavy atom. The Balaban J connectivity index is 2.92. The van der Waals surface area contributed by atoms with E-state index >= 15 is 0 Å². The fourth-order valence-corrected chi connectivity index (χ4v) is 1.38. The Bertz CT molecular complexity index is 315. The predicted octanol–water partition coefficient (Wildman–Crippen LogP) is 1.09. The van der Waals surface area contributed by atoms with Crippen LogP contribution in [0.1, 0.15) is 18.1 Å². The molecule has 0 aliphatic carbocycles. The lowest BCUT2D eigenvalue weighted by molar-refractivity contribution is 0.170. The zero-order valence-corrected chi connectivity index (χ0v) is 9.06. The molecule has 1 aromatic carbocycles. The van der Waals surface area contributed by atoms with Gasteiger partial charge in [0.15, 0.2) is 11.5 Å². The topological polar surface area (TPSA) is 64.7 Å². The molecule has 0 amide bonds. The molecule has 0 fully saturated rings. The third kappa shape index (κ3) is 2.84. The molecule has 4 heteroatoms. The smallest absolute Gasteiger partial charge is 0.161 e. The summed E-state index contributed by atoms with van der Waals surface area (Å²) in [7, 11) is 3.14. The first-order chi connectivity index (χ1) is 7.22. The van der Waals surface area contributed by atoms with E-state index in [0.29, 0.717) is 24.5 Å². The second-order valence-corrected chi connectivity index (χ2v) is 3.21. The van der Waals surface area contributed by atoms with E-state index in [1.54, 1.807) is 26.4 Å². The van der Waals surface area contributed by atoms with Crippen LogP contribution in [0.2, 0.25) is 0 Å². The Kier molecular flexibility index (Phi) is 4.39. The quantitative estimate of drug-likeness (QED) is 0.765. The molecule has 4 nitrogen and oxygen atoms in total. The van der Waals surface area contributed by atoms with Gasteiger partial charge in [-0.1, -0.05) is 6.07 Å². The van der Waals surface area contributed by atoms with E-state index < -0.39 is 6.10 Å². The van der Waals surface area contributed by atoms with Crippen molar-refractivity contribution in [3.63, 3.8) is 0 Å². The second kappa shape index (κ2) is 5.58. The third-order valence-electron chi connectivity index (χ3n) is 2.23. The number of hydrogen-bond acceptors (Lipinski definition) is 4. The van der Waals surface area contributed by atoms with Crippen molar-refractivity contribution >= 4 is 0 Å². The molecule has 0 bridgehead atoms. The number of nitrogens with two attached hydrogens (primary N) is 1. The number of rotatable bonds is 5. The molecule has 84 valence electrons. The van der Waals surface area contributed by atoms with Gasteiger partial charge in [0.25, 0.3) is 0 Å². The van der Waals surface area contributed by atoms with Gasteiger partial charge in [0.05, 0.1) is 20.3 Å². The molecule has 15 heavy (non-hydrogen) atoms. The van der Waals surface area contributed by atoms with Crippen molar-refractivity contribution in [3.05, 3.63) is 23.8 Å². The van der Waals surface area contributed by atoms with E-state index in [1.807, 2.05) is 6.07 Å². The molecular weight excluding hydrogens is 194 g/mol. The van der Waals surface area contributed by atoms with Crippen LogP contribution in [0.5, 0.6) is 11.5 Å². The molecular formula is C11H17NO3. The Hall–Kier alpha value is -1.26. The minimum absolute atomic E-state index is 0.454. The van der Waals surface area contributed by atoms with E-state index in [-0.39, 0.29) is 0 Å². The maximum absolute atomic E-state index is 9.73. The summed E-state index contributed by atoms with van der Waals surface area (Å²) in [6, 6.07) is 5.34. The van der Waals surface area contributed by atoms with Crippen LogP contribution in [0.15, 0.2) is 18.2 Å². The van der Waals surface area contributed by atoms with Gasteiger partial charge in [0.2, 0.25) is 0 Å². The van der Waals surface area contributed by atoms with E-state index in [0.717, 1.165) is 5.56 Å². The van der Waals surface area contributed by atoms with Crippen molar-refractivity contribution in [2.75, 3.05) is 20.8 Å². The maximum atomic E-state index is 9.73. The van der Waals surface area contributed by atoms with E-state index in [9.17, 15) is 5.11 Å². The number of aliphatic hydroxyl groups excluding tert-OH is 1. The van der Waals surface area contributed by atoms with Crippen LogP contribution in [-0.2, 0) is 0 Å². The molecule has 1 aromatic rings. The highest BCUT2D eigenvalue weighted by atomic mass is 16.5. The highest BCUT2D eigenvalue weighted by Crippen LogP contribution is 2.30. The standard InChI is InChI=1S/C11H17NO3/c1-14-10-4-3-8(7-11(10)15-2)9(13)5-6-12/h3-4,7,9,13H,5-6,12H2,1-2H3/t9-/m1/s1. The van der Waals surface area contributed by atoms with E-state index in [1.165, 1.54) is 0 Å². The minimum atomic E-state index is -0.546. The minimum Gasteiger partial charge on any atom is -0.493 e. The average molecular weight is 211 g/mol. The number of hydrogen-bond donors (Lipinski definition) is 2. The molecule has 0 aliphatic heterocycles. The number of ether oxygens (including phenoxy) is 2. The summed E-state index contributed by atoms with van der Waals surface area (Å²) in [6.07, 6.45) is -0.00929. The van der Waals surface area contributed by atoms with Crippen LogP contribution in [0.4, 0.5) is 0 Å². The monoisotopic (exact) mass is 211 g/mol. The molecule has 1 rings (SSSR count). The Morgan fingerprint density at radius 1 is 1.27 bits per heavy atom. The van der Waals surface area contributed by atoms with Gasteiger partial charge in [-0.05, 0) is 30.7 Å². The summed E-state index contributed by atoms with van der Waals surface area (Å²) in [4.78, 5) is 0. The Labute approximate surface area is 89.6 Å². The molecule has 0 heterocycles. The first-order valence-corrected chi connectivity index (χ1v) is 4.83. The van der Waals surface area contributed by atoms with Crippen molar-refractivity contribution < 1.29 is 14.6 Å². The molecule has 0 spiro atoms. The van der Waals surface area contributed by atoms with E-state index in [2.05, 4.69) is 0 Å². The summed E-state index contributed by atoms with van der Waals surface area (Å²) in [5.41, 5.74) is 6.17. The van der Waals surface area contributed by atoms with Gasteiger partial charge in [0.1, 0.15) is 0 Å². The van der Waals surface area contributed by atoms with E-state index in [4.69, 9.17) is 15.2 Å². The zero-order chi connectivity index (χ0) is 11.3. The van der Waals surface area contributed by atoms with Crippen molar-refractivity contribution in [2.45, 2.75) is 12.5 Å². The number of methoxy groups -OCH3 is 2. The summed E-state index contributed by atoms with van der Waals surface area (Å²) < 4.78 is 10.2. The van der Waals surface area contributed by atoms with Gasteiger partial charge >= 0.3 is 0 Å². The van der Waals surface area contributed by atoms with Crippen LogP contribution >= 0.6 is 0 Å². The molecule has 0 aromatic heterocycles. The fraction of sp³-hybridized carbons (Fsp3) is 0.455. The van der Waals surface area contributed by atoms with Crippen molar-refractivity contribution in [2.24, 2.45) is 5.73 Å². The molecule has 0 saturated carbocycles. The van der Waals surface area contributed by atoms with Crippen LogP contribution in [-0.4, -0.2) is 25.9 Å².